The highest BCUT2D eigenvalue weighted by molar-refractivity contribution is 4.78. The van der Waals surface area contributed by atoms with Crippen molar-refractivity contribution < 1.29 is 4.74 Å². The Morgan fingerprint density at radius 1 is 1.16 bits per heavy atom. The third-order valence-corrected chi connectivity index (χ3v) is 4.49. The van der Waals surface area contributed by atoms with Crippen LogP contribution in [0.3, 0.4) is 0 Å². The molecule has 19 heavy (non-hydrogen) atoms. The Morgan fingerprint density at radius 2 is 2.05 bits per heavy atom. The van der Waals surface area contributed by atoms with Crippen LogP contribution < -0.4 is 5.32 Å². The molecule has 0 radical (unpaired) electrons. The van der Waals surface area contributed by atoms with E-state index >= 15 is 0 Å². The van der Waals surface area contributed by atoms with E-state index in [1.807, 2.05) is 0 Å². The smallest absolute Gasteiger partial charge is 0.0576 e. The molecule has 2 atom stereocenters. The molecule has 0 bridgehead atoms. The Balaban J connectivity index is 1.63. The van der Waals surface area contributed by atoms with Crippen molar-refractivity contribution in [2.45, 2.75) is 70.4 Å². The lowest BCUT2D eigenvalue weighted by Gasteiger charge is -2.26. The molecule has 0 aromatic rings. The minimum absolute atomic E-state index is 0.567. The maximum atomic E-state index is 5.72. The van der Waals surface area contributed by atoms with Crippen molar-refractivity contribution in [1.82, 2.24) is 10.2 Å². The molecule has 2 saturated heterocycles. The second kappa shape index (κ2) is 8.93. The Labute approximate surface area is 119 Å². The predicted octanol–water partition coefficient (Wildman–Crippen LogP) is 2.80. The number of ether oxygens (including phenoxy) is 1. The average Bonchev–Trinajstić information content (AvgIpc) is 3.08. The van der Waals surface area contributed by atoms with Crippen LogP contribution in [-0.2, 0) is 4.74 Å². The van der Waals surface area contributed by atoms with Gasteiger partial charge in [0.2, 0.25) is 0 Å². The average molecular weight is 268 g/mol. The van der Waals surface area contributed by atoms with E-state index in [1.165, 1.54) is 77.5 Å². The van der Waals surface area contributed by atoms with Crippen LogP contribution in [0, 0.1) is 0 Å². The highest BCUT2D eigenvalue weighted by Gasteiger charge is 2.19. The molecule has 2 rings (SSSR count). The van der Waals surface area contributed by atoms with Crippen molar-refractivity contribution in [2.75, 3.05) is 32.8 Å². The van der Waals surface area contributed by atoms with Gasteiger partial charge >= 0.3 is 0 Å². The molecule has 0 spiro atoms. The normalized spacial score (nSPS) is 27.5. The van der Waals surface area contributed by atoms with Gasteiger partial charge in [0.05, 0.1) is 6.10 Å². The van der Waals surface area contributed by atoms with E-state index in [-0.39, 0.29) is 0 Å². The lowest BCUT2D eigenvalue weighted by atomic mass is 10.1. The minimum atomic E-state index is 0.567. The summed E-state index contributed by atoms with van der Waals surface area (Å²) in [7, 11) is 0. The molecule has 1 N–H and O–H groups in total. The van der Waals surface area contributed by atoms with Crippen LogP contribution in [-0.4, -0.2) is 49.8 Å². The summed E-state index contributed by atoms with van der Waals surface area (Å²) < 4.78 is 5.72. The van der Waals surface area contributed by atoms with Crippen molar-refractivity contribution >= 4 is 0 Å². The second-order valence-electron chi connectivity index (χ2n) is 6.22. The number of nitrogens with zero attached hydrogens (tertiary/aromatic N) is 1. The summed E-state index contributed by atoms with van der Waals surface area (Å²) in [5.41, 5.74) is 0. The number of hydrogen-bond acceptors (Lipinski definition) is 3. The van der Waals surface area contributed by atoms with Gasteiger partial charge in [-0.3, -0.25) is 0 Å². The van der Waals surface area contributed by atoms with Gasteiger partial charge in [-0.05, 0) is 64.6 Å². The molecule has 0 saturated carbocycles. The Kier molecular flexibility index (Phi) is 7.18. The quantitative estimate of drug-likeness (QED) is 0.696. The van der Waals surface area contributed by atoms with Crippen LogP contribution in [0.1, 0.15) is 58.3 Å². The van der Waals surface area contributed by atoms with Gasteiger partial charge in [-0.25, -0.2) is 0 Å². The predicted molar refractivity (Wildman–Crippen MR) is 80.6 cm³/mol. The van der Waals surface area contributed by atoms with E-state index in [1.54, 1.807) is 0 Å². The maximum absolute atomic E-state index is 5.72. The zero-order valence-electron chi connectivity index (χ0n) is 12.7. The van der Waals surface area contributed by atoms with E-state index in [9.17, 15) is 0 Å². The van der Waals surface area contributed by atoms with Crippen molar-refractivity contribution in [1.29, 1.82) is 0 Å². The summed E-state index contributed by atoms with van der Waals surface area (Å²) in [6, 6.07) is 0.750. The van der Waals surface area contributed by atoms with Gasteiger partial charge in [-0.2, -0.15) is 0 Å². The fourth-order valence-electron chi connectivity index (χ4n) is 3.31. The fraction of sp³-hybridized carbons (Fsp3) is 1.00. The molecule has 0 aromatic heterocycles. The molecule has 0 amide bonds. The minimum Gasteiger partial charge on any atom is -0.378 e. The fourth-order valence-corrected chi connectivity index (χ4v) is 3.31. The van der Waals surface area contributed by atoms with Gasteiger partial charge in [-0.15, -0.1) is 0 Å². The summed E-state index contributed by atoms with van der Waals surface area (Å²) in [5.74, 6) is 0. The maximum Gasteiger partial charge on any atom is 0.0576 e. The van der Waals surface area contributed by atoms with Crippen LogP contribution >= 0.6 is 0 Å². The van der Waals surface area contributed by atoms with Crippen LogP contribution in [0.4, 0.5) is 0 Å². The molecule has 3 nitrogen and oxygen atoms in total. The lowest BCUT2D eigenvalue weighted by molar-refractivity contribution is 0.0981. The number of hydrogen-bond donors (Lipinski definition) is 1. The SMILES string of the molecule is CCCCN(CCCC1CCCO1)CC1CCCN1. The Bertz CT molecular complexity index is 223. The van der Waals surface area contributed by atoms with E-state index in [0.717, 1.165) is 12.6 Å². The third kappa shape index (κ3) is 5.80. The van der Waals surface area contributed by atoms with Crippen molar-refractivity contribution in [3.63, 3.8) is 0 Å². The van der Waals surface area contributed by atoms with Crippen molar-refractivity contribution in [3.05, 3.63) is 0 Å². The van der Waals surface area contributed by atoms with Gasteiger partial charge in [0.15, 0.2) is 0 Å². The number of nitrogens with one attached hydrogen (secondary N) is 1. The molecule has 2 fully saturated rings. The van der Waals surface area contributed by atoms with E-state index < -0.39 is 0 Å². The molecule has 3 heteroatoms. The highest BCUT2D eigenvalue weighted by atomic mass is 16.5. The van der Waals surface area contributed by atoms with Crippen molar-refractivity contribution in [2.24, 2.45) is 0 Å². The summed E-state index contributed by atoms with van der Waals surface area (Å²) >= 11 is 0. The zero-order chi connectivity index (χ0) is 13.3. The van der Waals surface area contributed by atoms with Crippen LogP contribution in [0.15, 0.2) is 0 Å². The molecular formula is C16H32N2O. The van der Waals surface area contributed by atoms with Gasteiger partial charge in [0.1, 0.15) is 0 Å². The van der Waals surface area contributed by atoms with Gasteiger partial charge in [0, 0.05) is 19.2 Å². The molecular weight excluding hydrogens is 236 g/mol. The zero-order valence-corrected chi connectivity index (χ0v) is 12.7. The van der Waals surface area contributed by atoms with Crippen LogP contribution in [0.5, 0.6) is 0 Å². The first kappa shape index (κ1) is 15.3. The molecule has 0 aromatic carbocycles. The molecule has 2 heterocycles. The first-order valence-electron chi connectivity index (χ1n) is 8.46. The van der Waals surface area contributed by atoms with Crippen LogP contribution in [0.2, 0.25) is 0 Å². The topological polar surface area (TPSA) is 24.5 Å². The molecule has 2 aliphatic heterocycles. The summed E-state index contributed by atoms with van der Waals surface area (Å²) in [6.07, 6.45) is 11.1. The molecule has 112 valence electrons. The first-order chi connectivity index (χ1) is 9.38. The van der Waals surface area contributed by atoms with E-state index in [0.29, 0.717) is 6.10 Å². The summed E-state index contributed by atoms with van der Waals surface area (Å²) in [4.78, 5) is 2.68. The molecule has 2 aliphatic rings. The molecule has 2 unspecified atom stereocenters. The summed E-state index contributed by atoms with van der Waals surface area (Å²) in [5, 5.41) is 3.63. The largest absolute Gasteiger partial charge is 0.378 e. The monoisotopic (exact) mass is 268 g/mol. The van der Waals surface area contributed by atoms with E-state index in [4.69, 9.17) is 4.74 Å². The standard InChI is InChI=1S/C16H32N2O/c1-2-3-11-18(14-15-7-4-10-17-15)12-5-8-16-9-6-13-19-16/h15-17H,2-14H2,1H3. The molecule has 0 aliphatic carbocycles. The highest BCUT2D eigenvalue weighted by Crippen LogP contribution is 2.17. The summed E-state index contributed by atoms with van der Waals surface area (Å²) in [6.45, 7) is 8.31. The lowest BCUT2D eigenvalue weighted by Crippen LogP contribution is -2.38. The van der Waals surface area contributed by atoms with Gasteiger partial charge in [0.25, 0.3) is 0 Å². The Hall–Kier alpha value is -0.120. The Morgan fingerprint density at radius 3 is 2.74 bits per heavy atom. The van der Waals surface area contributed by atoms with E-state index in [2.05, 4.69) is 17.1 Å². The van der Waals surface area contributed by atoms with Crippen LogP contribution in [0.25, 0.3) is 0 Å². The number of unbranched alkanes of at least 4 members (excludes halogenated alkanes) is 1. The number of rotatable bonds is 9. The second-order valence-corrected chi connectivity index (χ2v) is 6.22. The van der Waals surface area contributed by atoms with Gasteiger partial charge in [-0.1, -0.05) is 13.3 Å². The van der Waals surface area contributed by atoms with Crippen molar-refractivity contribution in [3.8, 4) is 0 Å². The third-order valence-electron chi connectivity index (χ3n) is 4.49. The first-order valence-corrected chi connectivity index (χ1v) is 8.46. The van der Waals surface area contributed by atoms with Gasteiger partial charge < -0.3 is 15.0 Å².